The third-order valence-electron chi connectivity index (χ3n) is 4.57. The fourth-order valence-electron chi connectivity index (χ4n) is 3.40. The fraction of sp³-hybridized carbons (Fsp3) is 0.273. The summed E-state index contributed by atoms with van der Waals surface area (Å²) in [5.41, 5.74) is 3.45. The van der Waals surface area contributed by atoms with E-state index in [1.165, 1.54) is 11.3 Å². The van der Waals surface area contributed by atoms with Crippen molar-refractivity contribution in [3.8, 4) is 11.5 Å². The number of nitrogens with zero attached hydrogens (tertiary/aromatic N) is 1. The monoisotopic (exact) mass is 395 g/mol. The molecule has 3 aromatic rings. The average Bonchev–Trinajstić information content (AvgIpc) is 3.23. The van der Waals surface area contributed by atoms with Crippen molar-refractivity contribution in [3.63, 3.8) is 0 Å². The normalized spacial score (nSPS) is 16.1. The molecule has 1 N–H and O–H groups in total. The van der Waals surface area contributed by atoms with Crippen LogP contribution in [0.15, 0.2) is 36.4 Å². The lowest BCUT2D eigenvalue weighted by Gasteiger charge is -2.11. The predicted molar refractivity (Wildman–Crippen MR) is 111 cm³/mol. The Morgan fingerprint density at radius 1 is 1.39 bits per heavy atom. The van der Waals surface area contributed by atoms with E-state index in [4.69, 9.17) is 9.47 Å². The lowest BCUT2D eigenvalue weighted by atomic mass is 10.0. The molecule has 2 heterocycles. The van der Waals surface area contributed by atoms with E-state index >= 15 is 0 Å². The zero-order valence-electron chi connectivity index (χ0n) is 15.8. The number of ether oxygens (including phenoxy) is 2. The van der Waals surface area contributed by atoms with Gasteiger partial charge in [-0.3, -0.25) is 4.79 Å². The van der Waals surface area contributed by atoms with Gasteiger partial charge in [-0.2, -0.15) is 0 Å². The fourth-order valence-corrected chi connectivity index (χ4v) is 4.38. The minimum absolute atomic E-state index is 0.111. The number of carbonyl (C=O) groups is 1. The van der Waals surface area contributed by atoms with E-state index < -0.39 is 5.97 Å². The van der Waals surface area contributed by atoms with Gasteiger partial charge in [0.05, 0.1) is 23.2 Å². The van der Waals surface area contributed by atoms with E-state index in [0.29, 0.717) is 17.2 Å². The van der Waals surface area contributed by atoms with Crippen LogP contribution < -0.4 is 9.47 Å². The molecule has 0 saturated heterocycles. The molecule has 6 heteroatoms. The highest BCUT2D eigenvalue weighted by Crippen LogP contribution is 2.38. The number of fused-ring (bicyclic) bond motifs is 2. The first kappa shape index (κ1) is 18.5. The molecule has 0 aliphatic carbocycles. The summed E-state index contributed by atoms with van der Waals surface area (Å²) in [6.45, 7) is 4.50. The topological polar surface area (TPSA) is 68.7 Å². The number of rotatable bonds is 6. The molecule has 1 aromatic heterocycles. The first-order valence-corrected chi connectivity index (χ1v) is 10.1. The zero-order chi connectivity index (χ0) is 19.7. The van der Waals surface area contributed by atoms with Crippen molar-refractivity contribution in [2.24, 2.45) is 0 Å². The summed E-state index contributed by atoms with van der Waals surface area (Å²) in [5.74, 6) is 0.679. The van der Waals surface area contributed by atoms with Gasteiger partial charge in [0.15, 0.2) is 0 Å². The van der Waals surface area contributed by atoms with Crippen molar-refractivity contribution >= 4 is 39.2 Å². The zero-order valence-corrected chi connectivity index (χ0v) is 16.6. The third kappa shape index (κ3) is 3.73. The van der Waals surface area contributed by atoms with E-state index in [2.05, 4.69) is 4.98 Å². The third-order valence-corrected chi connectivity index (χ3v) is 5.68. The Kier molecular flexibility index (Phi) is 5.05. The van der Waals surface area contributed by atoms with Crippen molar-refractivity contribution in [2.45, 2.75) is 32.8 Å². The largest absolute Gasteiger partial charge is 0.493 e. The first-order chi connectivity index (χ1) is 13.5. The Morgan fingerprint density at radius 2 is 2.21 bits per heavy atom. The number of aromatic nitrogens is 1. The van der Waals surface area contributed by atoms with Gasteiger partial charge in [-0.15, -0.1) is 11.3 Å². The highest BCUT2D eigenvalue weighted by Gasteiger charge is 2.22. The van der Waals surface area contributed by atoms with Crippen molar-refractivity contribution in [2.75, 3.05) is 6.61 Å². The van der Waals surface area contributed by atoms with Crippen LogP contribution in [0.25, 0.3) is 21.9 Å². The first-order valence-electron chi connectivity index (χ1n) is 9.28. The summed E-state index contributed by atoms with van der Waals surface area (Å²) < 4.78 is 12.7. The van der Waals surface area contributed by atoms with E-state index in [-0.39, 0.29) is 12.5 Å². The highest BCUT2D eigenvalue weighted by molar-refractivity contribution is 7.19. The number of hydrogen-bond donors (Lipinski definition) is 1. The van der Waals surface area contributed by atoms with Gasteiger partial charge >= 0.3 is 5.97 Å². The predicted octanol–water partition coefficient (Wildman–Crippen LogP) is 5.03. The summed E-state index contributed by atoms with van der Waals surface area (Å²) in [4.78, 5) is 16.1. The van der Waals surface area contributed by atoms with Crippen LogP contribution in [-0.2, 0) is 11.2 Å². The number of benzene rings is 2. The molecule has 28 heavy (non-hydrogen) atoms. The number of aliphatic carboxylic acids is 1. The SMILES string of the molecule is CCOc1cc2c(cc1/C=C(\CC(=O)O)c1nc3ccccc3s1)O[C@H](C)C2. The molecule has 0 saturated carbocycles. The maximum atomic E-state index is 11.5. The summed E-state index contributed by atoms with van der Waals surface area (Å²) in [6.07, 6.45) is 2.73. The van der Waals surface area contributed by atoms with Gasteiger partial charge in [-0.25, -0.2) is 4.98 Å². The van der Waals surface area contributed by atoms with Crippen molar-refractivity contribution in [3.05, 3.63) is 52.5 Å². The molecular weight excluding hydrogens is 374 g/mol. The molecule has 0 radical (unpaired) electrons. The van der Waals surface area contributed by atoms with Gasteiger partial charge < -0.3 is 14.6 Å². The molecule has 5 nitrogen and oxygen atoms in total. The van der Waals surface area contributed by atoms with Gasteiger partial charge in [0.1, 0.15) is 22.6 Å². The highest BCUT2D eigenvalue weighted by atomic mass is 32.1. The Labute approximate surface area is 167 Å². The average molecular weight is 395 g/mol. The molecule has 1 atom stereocenters. The van der Waals surface area contributed by atoms with E-state index in [0.717, 1.165) is 39.3 Å². The maximum absolute atomic E-state index is 11.5. The molecule has 1 aliphatic heterocycles. The Morgan fingerprint density at radius 3 is 2.96 bits per heavy atom. The second-order valence-electron chi connectivity index (χ2n) is 6.79. The van der Waals surface area contributed by atoms with Crippen LogP contribution in [0.4, 0.5) is 0 Å². The van der Waals surface area contributed by atoms with E-state index in [1.54, 1.807) is 0 Å². The lowest BCUT2D eigenvalue weighted by Crippen LogP contribution is -2.05. The molecule has 0 bridgehead atoms. The Bertz CT molecular complexity index is 1040. The molecule has 4 rings (SSSR count). The Hall–Kier alpha value is -2.86. The number of para-hydroxylation sites is 1. The molecule has 1 aliphatic rings. The van der Waals surface area contributed by atoms with Crippen LogP contribution in [-0.4, -0.2) is 28.8 Å². The van der Waals surface area contributed by atoms with Crippen LogP contribution in [0.2, 0.25) is 0 Å². The standard InChI is InChI=1S/C22H21NO4S/c1-3-26-18-10-14-8-13(2)27-19(14)11-15(18)9-16(12-21(24)25)22-23-17-6-4-5-7-20(17)28-22/h4-7,9-11,13H,3,8,12H2,1-2H3,(H,24,25)/b16-9+/t13-/m1/s1. The van der Waals surface area contributed by atoms with Crippen molar-refractivity contribution in [1.29, 1.82) is 0 Å². The second kappa shape index (κ2) is 7.64. The molecule has 144 valence electrons. The number of thiazole rings is 1. The van der Waals surface area contributed by atoms with E-state index in [9.17, 15) is 9.90 Å². The Balaban J connectivity index is 1.82. The van der Waals surface area contributed by atoms with Crippen LogP contribution in [0.1, 0.15) is 36.4 Å². The van der Waals surface area contributed by atoms with Gasteiger partial charge in [0, 0.05) is 17.5 Å². The van der Waals surface area contributed by atoms with Crippen LogP contribution in [0, 0.1) is 0 Å². The smallest absolute Gasteiger partial charge is 0.307 e. The summed E-state index contributed by atoms with van der Waals surface area (Å²) in [5, 5.41) is 10.1. The molecule has 0 amide bonds. The lowest BCUT2D eigenvalue weighted by molar-refractivity contribution is -0.135. The minimum Gasteiger partial charge on any atom is -0.493 e. The molecule has 0 unspecified atom stereocenters. The quantitative estimate of drug-likeness (QED) is 0.634. The molecular formula is C22H21NO4S. The van der Waals surface area contributed by atoms with Crippen LogP contribution in [0.3, 0.4) is 0 Å². The van der Waals surface area contributed by atoms with Crippen molar-refractivity contribution in [1.82, 2.24) is 4.98 Å². The summed E-state index contributed by atoms with van der Waals surface area (Å²) in [7, 11) is 0. The van der Waals surface area contributed by atoms with Gasteiger partial charge in [-0.05, 0) is 49.8 Å². The van der Waals surface area contributed by atoms with Gasteiger partial charge in [0.2, 0.25) is 0 Å². The maximum Gasteiger partial charge on any atom is 0.307 e. The summed E-state index contributed by atoms with van der Waals surface area (Å²) in [6, 6.07) is 11.8. The second-order valence-corrected chi connectivity index (χ2v) is 7.82. The minimum atomic E-state index is -0.894. The van der Waals surface area contributed by atoms with Crippen LogP contribution in [0.5, 0.6) is 11.5 Å². The number of carboxylic acids is 1. The van der Waals surface area contributed by atoms with E-state index in [1.807, 2.05) is 56.3 Å². The van der Waals surface area contributed by atoms with Crippen LogP contribution >= 0.6 is 11.3 Å². The molecule has 2 aromatic carbocycles. The van der Waals surface area contributed by atoms with Gasteiger partial charge in [0.25, 0.3) is 0 Å². The van der Waals surface area contributed by atoms with Gasteiger partial charge in [-0.1, -0.05) is 12.1 Å². The number of carboxylic acid groups (broad SMARTS) is 1. The molecule has 0 spiro atoms. The molecule has 0 fully saturated rings. The van der Waals surface area contributed by atoms with Crippen molar-refractivity contribution < 1.29 is 19.4 Å². The number of hydrogen-bond acceptors (Lipinski definition) is 5. The summed E-state index contributed by atoms with van der Waals surface area (Å²) >= 11 is 1.50.